The Morgan fingerprint density at radius 1 is 0.895 bits per heavy atom. The zero-order valence-electron chi connectivity index (χ0n) is 13.6. The molecule has 0 aromatic carbocycles. The largest absolute Gasteiger partial charge is 0.756 e. The van der Waals surface area contributed by atoms with E-state index in [1.807, 2.05) is 41.5 Å². The van der Waals surface area contributed by atoms with Crippen molar-refractivity contribution in [3.63, 3.8) is 0 Å². The fraction of sp³-hybridized carbons (Fsp3) is 1.00. The Hall–Kier alpha value is 0.110. The summed E-state index contributed by atoms with van der Waals surface area (Å²) in [6.07, 6.45) is 0.585. The standard InChI is InChI=1S/C14H31O4P/c1-11(9-13(3,4)5)17-19(15,16)18-12(2)10-14(6,7)8/h11-12H,9-10H2,1-8H3,(H,15,16)/p-1. The van der Waals surface area contributed by atoms with Crippen LogP contribution in [-0.4, -0.2) is 12.2 Å². The molecule has 5 heteroatoms. The Morgan fingerprint density at radius 2 is 1.16 bits per heavy atom. The van der Waals surface area contributed by atoms with Crippen molar-refractivity contribution in [2.75, 3.05) is 0 Å². The monoisotopic (exact) mass is 293 g/mol. The van der Waals surface area contributed by atoms with Crippen molar-refractivity contribution in [3.05, 3.63) is 0 Å². The summed E-state index contributed by atoms with van der Waals surface area (Å²) >= 11 is 0. The first kappa shape index (κ1) is 19.1. The van der Waals surface area contributed by atoms with Gasteiger partial charge in [0.15, 0.2) is 0 Å². The molecule has 4 nitrogen and oxygen atoms in total. The second-order valence-corrected chi connectivity index (χ2v) is 9.12. The maximum Gasteiger partial charge on any atom is 0.268 e. The molecule has 0 rings (SSSR count). The lowest BCUT2D eigenvalue weighted by Gasteiger charge is -2.33. The van der Waals surface area contributed by atoms with Crippen molar-refractivity contribution in [3.8, 4) is 0 Å². The van der Waals surface area contributed by atoms with E-state index in [-0.39, 0.29) is 23.0 Å². The first-order valence-electron chi connectivity index (χ1n) is 6.88. The van der Waals surface area contributed by atoms with E-state index < -0.39 is 7.82 Å². The van der Waals surface area contributed by atoms with Gasteiger partial charge in [-0.3, -0.25) is 4.57 Å². The van der Waals surface area contributed by atoms with Crippen LogP contribution in [0, 0.1) is 10.8 Å². The molecule has 2 unspecified atom stereocenters. The minimum absolute atomic E-state index is 0.0242. The molecule has 0 saturated carbocycles. The highest BCUT2D eigenvalue weighted by molar-refractivity contribution is 7.45. The van der Waals surface area contributed by atoms with Gasteiger partial charge in [0.1, 0.15) is 0 Å². The molecule has 0 aliphatic carbocycles. The van der Waals surface area contributed by atoms with Gasteiger partial charge in [-0.25, -0.2) is 0 Å². The van der Waals surface area contributed by atoms with Crippen LogP contribution in [0.25, 0.3) is 0 Å². The summed E-state index contributed by atoms with van der Waals surface area (Å²) in [7, 11) is -4.23. The van der Waals surface area contributed by atoms with Gasteiger partial charge in [-0.05, 0) is 37.5 Å². The minimum Gasteiger partial charge on any atom is -0.756 e. The van der Waals surface area contributed by atoms with Gasteiger partial charge in [-0.15, -0.1) is 0 Å². The number of hydrogen-bond donors (Lipinski definition) is 0. The number of rotatable bonds is 6. The quantitative estimate of drug-likeness (QED) is 0.691. The molecule has 0 saturated heterocycles. The van der Waals surface area contributed by atoms with Crippen molar-refractivity contribution < 1.29 is 18.5 Å². The van der Waals surface area contributed by atoms with Crippen molar-refractivity contribution in [2.45, 2.75) is 80.4 Å². The van der Waals surface area contributed by atoms with Crippen molar-refractivity contribution in [1.82, 2.24) is 0 Å². The molecule has 0 fully saturated rings. The van der Waals surface area contributed by atoms with Crippen LogP contribution in [-0.2, 0) is 13.6 Å². The van der Waals surface area contributed by atoms with Crippen LogP contribution in [0.2, 0.25) is 0 Å². The van der Waals surface area contributed by atoms with Crippen LogP contribution >= 0.6 is 7.82 Å². The normalized spacial score (nSPS) is 19.8. The van der Waals surface area contributed by atoms with Crippen LogP contribution in [0.3, 0.4) is 0 Å². The SMILES string of the molecule is CC(CC(C)(C)C)OP(=O)([O-])OC(C)CC(C)(C)C. The Morgan fingerprint density at radius 3 is 1.37 bits per heavy atom. The molecule has 19 heavy (non-hydrogen) atoms. The minimum atomic E-state index is -4.23. The molecule has 0 aliphatic rings. The van der Waals surface area contributed by atoms with Gasteiger partial charge in [-0.1, -0.05) is 41.5 Å². The average molecular weight is 293 g/mol. The first-order valence-corrected chi connectivity index (χ1v) is 8.34. The first-order chi connectivity index (χ1) is 8.20. The molecule has 0 aromatic rings. The fourth-order valence-electron chi connectivity index (χ4n) is 2.26. The smallest absolute Gasteiger partial charge is 0.268 e. The Bertz CT molecular complexity index is 286. The van der Waals surface area contributed by atoms with E-state index in [0.29, 0.717) is 12.8 Å². The molecule has 2 atom stereocenters. The highest BCUT2D eigenvalue weighted by Crippen LogP contribution is 2.44. The van der Waals surface area contributed by atoms with E-state index in [2.05, 4.69) is 0 Å². The molecule has 0 radical (unpaired) electrons. The number of phosphoric ester groups is 1. The zero-order chi connectivity index (χ0) is 15.5. The lowest BCUT2D eigenvalue weighted by Crippen LogP contribution is -2.24. The Labute approximate surface area is 118 Å². The summed E-state index contributed by atoms with van der Waals surface area (Å²) in [4.78, 5) is 11.8. The summed E-state index contributed by atoms with van der Waals surface area (Å²) < 4.78 is 22.0. The molecule has 0 aliphatic heterocycles. The molecule has 0 amide bonds. The maximum absolute atomic E-state index is 11.8. The van der Waals surface area contributed by atoms with Gasteiger partial charge in [0.2, 0.25) is 0 Å². The number of hydrogen-bond acceptors (Lipinski definition) is 4. The van der Waals surface area contributed by atoms with E-state index in [1.54, 1.807) is 13.8 Å². The Kier molecular flexibility index (Phi) is 6.75. The van der Waals surface area contributed by atoms with Gasteiger partial charge in [-0.2, -0.15) is 0 Å². The van der Waals surface area contributed by atoms with Gasteiger partial charge in [0.05, 0.1) is 12.2 Å². The molecular formula is C14H30O4P-. The van der Waals surface area contributed by atoms with Crippen LogP contribution < -0.4 is 4.89 Å². The predicted molar refractivity (Wildman–Crippen MR) is 76.8 cm³/mol. The third kappa shape index (κ3) is 11.6. The molecular weight excluding hydrogens is 263 g/mol. The maximum atomic E-state index is 11.8. The van der Waals surface area contributed by atoms with Gasteiger partial charge >= 0.3 is 0 Å². The van der Waals surface area contributed by atoms with Gasteiger partial charge < -0.3 is 13.9 Å². The number of phosphoric acid groups is 1. The molecule has 0 spiro atoms. The zero-order valence-corrected chi connectivity index (χ0v) is 14.5. The topological polar surface area (TPSA) is 58.6 Å². The van der Waals surface area contributed by atoms with Gasteiger partial charge in [0.25, 0.3) is 7.82 Å². The summed E-state index contributed by atoms with van der Waals surface area (Å²) in [5, 5.41) is 0. The lowest BCUT2D eigenvalue weighted by atomic mass is 9.90. The van der Waals surface area contributed by atoms with Crippen LogP contribution in [0.5, 0.6) is 0 Å². The second kappa shape index (κ2) is 6.71. The van der Waals surface area contributed by atoms with E-state index in [1.165, 1.54) is 0 Å². The third-order valence-corrected chi connectivity index (χ3v) is 3.65. The summed E-state index contributed by atoms with van der Waals surface area (Å²) in [5.74, 6) is 0. The fourth-order valence-corrected chi connectivity index (χ4v) is 3.35. The van der Waals surface area contributed by atoms with E-state index >= 15 is 0 Å². The Balaban J connectivity index is 4.36. The second-order valence-electron chi connectivity index (χ2n) is 7.81. The summed E-state index contributed by atoms with van der Waals surface area (Å²) in [6.45, 7) is 15.8. The van der Waals surface area contributed by atoms with Crippen molar-refractivity contribution in [2.24, 2.45) is 10.8 Å². The van der Waals surface area contributed by atoms with Crippen LogP contribution in [0.15, 0.2) is 0 Å². The van der Waals surface area contributed by atoms with Gasteiger partial charge in [0, 0.05) is 0 Å². The van der Waals surface area contributed by atoms with E-state index in [0.717, 1.165) is 0 Å². The molecule has 0 heterocycles. The molecule has 0 bridgehead atoms. The van der Waals surface area contributed by atoms with E-state index in [9.17, 15) is 9.46 Å². The molecule has 116 valence electrons. The predicted octanol–water partition coefficient (Wildman–Crippen LogP) is 4.14. The summed E-state index contributed by atoms with van der Waals surface area (Å²) in [5.41, 5.74) is 0.0485. The summed E-state index contributed by atoms with van der Waals surface area (Å²) in [6, 6.07) is 0. The molecule has 0 N–H and O–H groups in total. The molecule has 0 aromatic heterocycles. The van der Waals surface area contributed by atoms with Crippen LogP contribution in [0.4, 0.5) is 0 Å². The highest BCUT2D eigenvalue weighted by atomic mass is 31.2. The van der Waals surface area contributed by atoms with Crippen molar-refractivity contribution >= 4 is 7.82 Å². The van der Waals surface area contributed by atoms with Crippen molar-refractivity contribution in [1.29, 1.82) is 0 Å². The average Bonchev–Trinajstić information content (AvgIpc) is 1.89. The third-order valence-electron chi connectivity index (χ3n) is 2.42. The van der Waals surface area contributed by atoms with Crippen LogP contribution in [0.1, 0.15) is 68.2 Å². The highest BCUT2D eigenvalue weighted by Gasteiger charge is 2.24. The lowest BCUT2D eigenvalue weighted by molar-refractivity contribution is -0.233. The van der Waals surface area contributed by atoms with E-state index in [4.69, 9.17) is 9.05 Å².